The molecule has 0 saturated heterocycles. The average Bonchev–Trinajstić information content (AvgIpc) is 2.38. The van der Waals surface area contributed by atoms with Gasteiger partial charge in [-0.25, -0.2) is 22.3 Å². The molecule has 0 aliphatic heterocycles. The third kappa shape index (κ3) is 3.51. The van der Waals surface area contributed by atoms with E-state index in [9.17, 15) is 17.6 Å². The standard InChI is InChI=1S/C11H14FNO6S/c1-6-9(12)2-7(11(16)17)3-10(6)20(18,19)13-8(4-14)5-15/h2-3,8,13-15H,4-5H2,1H3,(H,16,17). The predicted molar refractivity (Wildman–Crippen MR) is 66.4 cm³/mol. The van der Waals surface area contributed by atoms with E-state index in [4.69, 9.17) is 15.3 Å². The quantitative estimate of drug-likeness (QED) is 0.560. The summed E-state index contributed by atoms with van der Waals surface area (Å²) in [5.41, 5.74) is -0.768. The van der Waals surface area contributed by atoms with Crippen LogP contribution in [0.1, 0.15) is 15.9 Å². The molecule has 112 valence electrons. The van der Waals surface area contributed by atoms with E-state index in [1.54, 1.807) is 0 Å². The summed E-state index contributed by atoms with van der Waals surface area (Å²) in [5, 5.41) is 26.5. The Morgan fingerprint density at radius 3 is 2.35 bits per heavy atom. The molecule has 9 heteroatoms. The Balaban J connectivity index is 3.34. The molecule has 0 bridgehead atoms. The van der Waals surface area contributed by atoms with Gasteiger partial charge in [-0.3, -0.25) is 0 Å². The molecule has 4 N–H and O–H groups in total. The lowest BCUT2D eigenvalue weighted by Crippen LogP contribution is -2.40. The number of nitrogens with one attached hydrogen (secondary N) is 1. The van der Waals surface area contributed by atoms with E-state index < -0.39 is 51.5 Å². The van der Waals surface area contributed by atoms with Crippen LogP contribution in [0.25, 0.3) is 0 Å². The van der Waals surface area contributed by atoms with E-state index in [0.29, 0.717) is 6.07 Å². The Labute approximate surface area is 114 Å². The van der Waals surface area contributed by atoms with Crippen molar-refractivity contribution in [2.75, 3.05) is 13.2 Å². The van der Waals surface area contributed by atoms with Crippen molar-refractivity contribution in [1.29, 1.82) is 0 Å². The van der Waals surface area contributed by atoms with Crippen molar-refractivity contribution in [3.63, 3.8) is 0 Å². The zero-order valence-electron chi connectivity index (χ0n) is 10.5. The van der Waals surface area contributed by atoms with Crippen LogP contribution in [-0.4, -0.2) is 49.0 Å². The van der Waals surface area contributed by atoms with Crippen molar-refractivity contribution >= 4 is 16.0 Å². The highest BCUT2D eigenvalue weighted by atomic mass is 32.2. The van der Waals surface area contributed by atoms with Crippen LogP contribution < -0.4 is 4.72 Å². The highest BCUT2D eigenvalue weighted by molar-refractivity contribution is 7.89. The molecule has 0 spiro atoms. The molecule has 1 rings (SSSR count). The molecule has 0 heterocycles. The average molecular weight is 307 g/mol. The molecule has 1 aromatic carbocycles. The van der Waals surface area contributed by atoms with Gasteiger partial charge in [0.2, 0.25) is 10.0 Å². The Hall–Kier alpha value is -1.55. The number of carbonyl (C=O) groups is 1. The topological polar surface area (TPSA) is 124 Å². The largest absolute Gasteiger partial charge is 0.478 e. The number of hydrogen-bond donors (Lipinski definition) is 4. The minimum Gasteiger partial charge on any atom is -0.478 e. The van der Waals surface area contributed by atoms with Gasteiger partial charge in [-0.15, -0.1) is 0 Å². The second-order valence-electron chi connectivity index (χ2n) is 4.07. The summed E-state index contributed by atoms with van der Waals surface area (Å²) in [6, 6.07) is 0.372. The monoisotopic (exact) mass is 307 g/mol. The first-order valence-electron chi connectivity index (χ1n) is 5.50. The van der Waals surface area contributed by atoms with E-state index in [0.717, 1.165) is 6.07 Å². The molecular weight excluding hydrogens is 293 g/mol. The highest BCUT2D eigenvalue weighted by Gasteiger charge is 2.24. The first-order valence-corrected chi connectivity index (χ1v) is 6.98. The molecule has 0 aromatic heterocycles. The summed E-state index contributed by atoms with van der Waals surface area (Å²) in [6.45, 7) is -0.131. The van der Waals surface area contributed by atoms with E-state index in [1.807, 2.05) is 4.72 Å². The number of rotatable bonds is 6. The van der Waals surface area contributed by atoms with Crippen molar-refractivity contribution in [2.45, 2.75) is 17.9 Å². The number of sulfonamides is 1. The zero-order chi connectivity index (χ0) is 15.5. The minimum atomic E-state index is -4.27. The van der Waals surface area contributed by atoms with Crippen LogP contribution in [0.3, 0.4) is 0 Å². The molecule has 0 radical (unpaired) electrons. The van der Waals surface area contributed by atoms with E-state index >= 15 is 0 Å². The summed E-state index contributed by atoms with van der Waals surface area (Å²) in [6.07, 6.45) is 0. The normalized spacial score (nSPS) is 11.8. The summed E-state index contributed by atoms with van der Waals surface area (Å²) >= 11 is 0. The Bertz CT molecular complexity index is 612. The van der Waals surface area contributed by atoms with Crippen LogP contribution in [0.15, 0.2) is 17.0 Å². The van der Waals surface area contributed by atoms with Crippen LogP contribution in [-0.2, 0) is 10.0 Å². The summed E-state index contributed by atoms with van der Waals surface area (Å²) in [7, 11) is -4.27. The molecular formula is C11H14FNO6S. The molecule has 0 saturated carbocycles. The fourth-order valence-corrected chi connectivity index (χ4v) is 2.97. The van der Waals surface area contributed by atoms with Crippen LogP contribution in [0.5, 0.6) is 0 Å². The first-order chi connectivity index (χ1) is 9.22. The molecule has 0 aliphatic rings. The van der Waals surface area contributed by atoms with E-state index in [-0.39, 0.29) is 5.56 Å². The van der Waals surface area contributed by atoms with Crippen LogP contribution in [0.4, 0.5) is 4.39 Å². The summed E-state index contributed by atoms with van der Waals surface area (Å²) in [5.74, 6) is -2.45. The van der Waals surface area contributed by atoms with Gasteiger partial charge in [0.05, 0.1) is 29.7 Å². The van der Waals surface area contributed by atoms with Gasteiger partial charge in [-0.2, -0.15) is 0 Å². The number of aromatic carboxylic acids is 1. The van der Waals surface area contributed by atoms with Crippen molar-refractivity contribution in [1.82, 2.24) is 4.72 Å². The molecule has 0 aliphatic carbocycles. The SMILES string of the molecule is Cc1c(F)cc(C(=O)O)cc1S(=O)(=O)NC(CO)CO. The highest BCUT2D eigenvalue weighted by Crippen LogP contribution is 2.21. The van der Waals surface area contributed by atoms with Gasteiger partial charge in [0.15, 0.2) is 0 Å². The lowest BCUT2D eigenvalue weighted by atomic mass is 10.1. The number of hydrogen-bond acceptors (Lipinski definition) is 5. The second kappa shape index (κ2) is 6.27. The van der Waals surface area contributed by atoms with Crippen LogP contribution >= 0.6 is 0 Å². The number of benzene rings is 1. The van der Waals surface area contributed by atoms with Gasteiger partial charge in [-0.1, -0.05) is 0 Å². The third-order valence-corrected chi connectivity index (χ3v) is 4.24. The Morgan fingerprint density at radius 1 is 1.35 bits per heavy atom. The van der Waals surface area contributed by atoms with Gasteiger partial charge in [0.25, 0.3) is 0 Å². The van der Waals surface area contributed by atoms with Gasteiger partial charge >= 0.3 is 5.97 Å². The molecule has 0 fully saturated rings. The summed E-state index contributed by atoms with van der Waals surface area (Å²) < 4.78 is 39.6. The smallest absolute Gasteiger partial charge is 0.335 e. The fourth-order valence-electron chi connectivity index (χ4n) is 1.47. The molecule has 20 heavy (non-hydrogen) atoms. The van der Waals surface area contributed by atoms with Crippen LogP contribution in [0.2, 0.25) is 0 Å². The minimum absolute atomic E-state index is 0.253. The maximum absolute atomic E-state index is 13.6. The maximum atomic E-state index is 13.6. The number of carboxylic acids is 1. The lowest BCUT2D eigenvalue weighted by molar-refractivity contribution is 0.0696. The second-order valence-corrected chi connectivity index (χ2v) is 5.75. The maximum Gasteiger partial charge on any atom is 0.335 e. The fraction of sp³-hybridized carbons (Fsp3) is 0.364. The first kappa shape index (κ1) is 16.5. The molecule has 0 atom stereocenters. The summed E-state index contributed by atoms with van der Waals surface area (Å²) in [4.78, 5) is 10.3. The molecule has 1 aromatic rings. The van der Waals surface area contributed by atoms with Gasteiger partial charge in [0, 0.05) is 5.56 Å². The van der Waals surface area contributed by atoms with Gasteiger partial charge in [0.1, 0.15) is 5.82 Å². The zero-order valence-corrected chi connectivity index (χ0v) is 11.3. The number of halogens is 1. The Morgan fingerprint density at radius 2 is 1.90 bits per heavy atom. The third-order valence-electron chi connectivity index (χ3n) is 2.60. The van der Waals surface area contributed by atoms with Gasteiger partial charge in [-0.05, 0) is 19.1 Å². The van der Waals surface area contributed by atoms with Crippen molar-refractivity contribution in [2.24, 2.45) is 0 Å². The van der Waals surface area contributed by atoms with E-state index in [1.165, 1.54) is 6.92 Å². The van der Waals surface area contributed by atoms with Crippen LogP contribution in [0, 0.1) is 12.7 Å². The van der Waals surface area contributed by atoms with Crippen molar-refractivity contribution in [3.8, 4) is 0 Å². The number of aliphatic hydroxyl groups excluding tert-OH is 2. The molecule has 0 amide bonds. The van der Waals surface area contributed by atoms with Gasteiger partial charge < -0.3 is 15.3 Å². The molecule has 0 unspecified atom stereocenters. The van der Waals surface area contributed by atoms with Crippen molar-refractivity contribution in [3.05, 3.63) is 29.1 Å². The van der Waals surface area contributed by atoms with Crippen molar-refractivity contribution < 1.29 is 32.9 Å². The van der Waals surface area contributed by atoms with E-state index in [2.05, 4.69) is 0 Å². The number of carboxylic acid groups (broad SMARTS) is 1. The lowest BCUT2D eigenvalue weighted by Gasteiger charge is -2.15. The Kier molecular flexibility index (Phi) is 5.17. The number of aliphatic hydroxyl groups is 2. The molecule has 7 nitrogen and oxygen atoms in total. The predicted octanol–water partition coefficient (Wildman–Crippen LogP) is -0.536.